The molecule has 1 saturated heterocycles. The lowest BCUT2D eigenvalue weighted by Gasteiger charge is -2.16. The van der Waals surface area contributed by atoms with Gasteiger partial charge in [0.1, 0.15) is 6.04 Å². The van der Waals surface area contributed by atoms with Crippen LogP contribution in [-0.4, -0.2) is 32.4 Å². The third kappa shape index (κ3) is 2.37. The Balaban J connectivity index is 1.69. The zero-order chi connectivity index (χ0) is 17.6. The fraction of sp³-hybridized carbons (Fsp3) is 0.111. The Labute approximate surface area is 142 Å². The number of carbonyl (C=O) groups is 3. The highest BCUT2D eigenvalue weighted by atomic mass is 16.4. The van der Waals surface area contributed by atoms with Gasteiger partial charge in [-0.2, -0.15) is 0 Å². The number of fused-ring (bicyclic) bond motifs is 1. The smallest absolute Gasteiger partial charge is 0.335 e. The first-order valence-electron chi connectivity index (χ1n) is 7.68. The lowest BCUT2D eigenvalue weighted by molar-refractivity contribution is -0.122. The summed E-state index contributed by atoms with van der Waals surface area (Å²) < 4.78 is 1.71. The largest absolute Gasteiger partial charge is 0.478 e. The Bertz CT molecular complexity index is 1010. The van der Waals surface area contributed by atoms with Crippen LogP contribution in [0.15, 0.2) is 54.9 Å². The van der Waals surface area contributed by atoms with Gasteiger partial charge in [0.05, 0.1) is 35.0 Å². The number of aromatic nitrogens is 2. The number of benzene rings is 2. The Morgan fingerprint density at radius 3 is 2.52 bits per heavy atom. The standard InChI is InChI=1S/C18H13N3O4/c22-16-9-15(20-10-19-13-3-1-2-4-14(13)20)17(23)21(16)12-7-5-11(6-8-12)18(24)25/h1-8,10,15H,9H2,(H,24,25). The number of carboxylic acids is 1. The molecule has 124 valence electrons. The van der Waals surface area contributed by atoms with E-state index in [1.807, 2.05) is 24.3 Å². The van der Waals surface area contributed by atoms with E-state index in [1.54, 1.807) is 10.9 Å². The summed E-state index contributed by atoms with van der Waals surface area (Å²) >= 11 is 0. The molecule has 7 heteroatoms. The molecule has 25 heavy (non-hydrogen) atoms. The summed E-state index contributed by atoms with van der Waals surface area (Å²) in [4.78, 5) is 41.5. The van der Waals surface area contributed by atoms with Crippen LogP contribution in [0.25, 0.3) is 11.0 Å². The summed E-state index contributed by atoms with van der Waals surface area (Å²) in [5, 5.41) is 8.95. The van der Waals surface area contributed by atoms with Gasteiger partial charge in [0.15, 0.2) is 0 Å². The van der Waals surface area contributed by atoms with E-state index in [2.05, 4.69) is 4.98 Å². The van der Waals surface area contributed by atoms with E-state index in [-0.39, 0.29) is 23.8 Å². The maximum atomic E-state index is 12.8. The predicted molar refractivity (Wildman–Crippen MR) is 89.3 cm³/mol. The molecule has 2 amide bonds. The zero-order valence-corrected chi connectivity index (χ0v) is 13.0. The van der Waals surface area contributed by atoms with Crippen LogP contribution in [0.4, 0.5) is 5.69 Å². The highest BCUT2D eigenvalue weighted by Crippen LogP contribution is 2.31. The van der Waals surface area contributed by atoms with E-state index in [0.29, 0.717) is 5.69 Å². The van der Waals surface area contributed by atoms with Crippen molar-refractivity contribution in [3.05, 3.63) is 60.4 Å². The minimum atomic E-state index is -1.06. The van der Waals surface area contributed by atoms with Crippen molar-refractivity contribution in [1.29, 1.82) is 0 Å². The Kier molecular flexibility index (Phi) is 3.35. The van der Waals surface area contributed by atoms with Crippen LogP contribution in [0.5, 0.6) is 0 Å². The molecule has 0 bridgehead atoms. The SMILES string of the molecule is O=C(O)c1ccc(N2C(=O)CC(n3cnc4ccccc43)C2=O)cc1. The number of amides is 2. The van der Waals surface area contributed by atoms with E-state index in [0.717, 1.165) is 15.9 Å². The number of hydrogen-bond acceptors (Lipinski definition) is 4. The number of carbonyl (C=O) groups excluding carboxylic acids is 2. The third-order valence-corrected chi connectivity index (χ3v) is 4.31. The predicted octanol–water partition coefficient (Wildman–Crippen LogP) is 2.24. The van der Waals surface area contributed by atoms with Gasteiger partial charge in [-0.15, -0.1) is 0 Å². The summed E-state index contributed by atoms with van der Waals surface area (Å²) in [7, 11) is 0. The van der Waals surface area contributed by atoms with Crippen LogP contribution in [0.3, 0.4) is 0 Å². The van der Waals surface area contributed by atoms with E-state index in [9.17, 15) is 14.4 Å². The van der Waals surface area contributed by atoms with Crippen LogP contribution >= 0.6 is 0 Å². The lowest BCUT2D eigenvalue weighted by atomic mass is 10.2. The van der Waals surface area contributed by atoms with Gasteiger partial charge < -0.3 is 9.67 Å². The molecule has 0 spiro atoms. The molecule has 1 fully saturated rings. The minimum absolute atomic E-state index is 0.0415. The molecular weight excluding hydrogens is 322 g/mol. The Hall–Kier alpha value is -3.48. The second-order valence-electron chi connectivity index (χ2n) is 5.78. The molecule has 2 heterocycles. The summed E-state index contributed by atoms with van der Waals surface area (Å²) in [6, 6.07) is 12.4. The van der Waals surface area contributed by atoms with Crippen LogP contribution in [0, 0.1) is 0 Å². The molecule has 1 N–H and O–H groups in total. The molecule has 3 aromatic rings. The number of carboxylic acid groups (broad SMARTS) is 1. The lowest BCUT2D eigenvalue weighted by Crippen LogP contribution is -2.31. The second-order valence-corrected chi connectivity index (χ2v) is 5.78. The maximum absolute atomic E-state index is 12.8. The van der Waals surface area contributed by atoms with Gasteiger partial charge in [-0.25, -0.2) is 14.7 Å². The number of aromatic carboxylic acids is 1. The van der Waals surface area contributed by atoms with Crippen LogP contribution in [0.1, 0.15) is 22.8 Å². The summed E-state index contributed by atoms with van der Waals surface area (Å²) in [5.74, 6) is -1.74. The van der Waals surface area contributed by atoms with Gasteiger partial charge in [0, 0.05) is 0 Å². The summed E-state index contributed by atoms with van der Waals surface area (Å²) in [6.45, 7) is 0. The molecular formula is C18H13N3O4. The quantitative estimate of drug-likeness (QED) is 0.741. The van der Waals surface area contributed by atoms with Gasteiger partial charge in [-0.1, -0.05) is 12.1 Å². The van der Waals surface area contributed by atoms with Crippen LogP contribution in [-0.2, 0) is 9.59 Å². The second kappa shape index (κ2) is 5.55. The molecule has 0 aliphatic carbocycles. The van der Waals surface area contributed by atoms with Crippen LogP contribution in [0.2, 0.25) is 0 Å². The molecule has 4 rings (SSSR count). The molecule has 0 radical (unpaired) electrons. The average Bonchev–Trinajstić information content (AvgIpc) is 3.16. The summed E-state index contributed by atoms with van der Waals surface area (Å²) in [5.41, 5.74) is 2.01. The van der Waals surface area contributed by atoms with Crippen molar-refractivity contribution in [2.75, 3.05) is 4.90 Å². The van der Waals surface area contributed by atoms with Crippen molar-refractivity contribution in [3.63, 3.8) is 0 Å². The number of para-hydroxylation sites is 2. The van der Waals surface area contributed by atoms with Gasteiger partial charge >= 0.3 is 5.97 Å². The zero-order valence-electron chi connectivity index (χ0n) is 13.0. The summed E-state index contributed by atoms with van der Waals surface area (Å²) in [6.07, 6.45) is 1.61. The van der Waals surface area contributed by atoms with Crippen molar-refractivity contribution < 1.29 is 19.5 Å². The first-order chi connectivity index (χ1) is 12.1. The number of nitrogens with zero attached hydrogens (tertiary/aromatic N) is 3. The van der Waals surface area contributed by atoms with Crippen molar-refractivity contribution >= 4 is 34.5 Å². The fourth-order valence-corrected chi connectivity index (χ4v) is 3.08. The highest BCUT2D eigenvalue weighted by Gasteiger charge is 2.41. The van der Waals surface area contributed by atoms with Crippen molar-refractivity contribution in [1.82, 2.24) is 9.55 Å². The number of imidazole rings is 1. The van der Waals surface area contributed by atoms with Crippen molar-refractivity contribution in [3.8, 4) is 0 Å². The maximum Gasteiger partial charge on any atom is 0.335 e. The van der Waals surface area contributed by atoms with Gasteiger partial charge in [-0.3, -0.25) is 9.59 Å². The van der Waals surface area contributed by atoms with Gasteiger partial charge in [0.25, 0.3) is 5.91 Å². The number of rotatable bonds is 3. The molecule has 1 atom stereocenters. The normalized spacial score (nSPS) is 17.4. The van der Waals surface area contributed by atoms with Gasteiger partial charge in [-0.05, 0) is 36.4 Å². The van der Waals surface area contributed by atoms with E-state index in [4.69, 9.17) is 5.11 Å². The van der Waals surface area contributed by atoms with Crippen LogP contribution < -0.4 is 4.90 Å². The van der Waals surface area contributed by atoms with Crippen molar-refractivity contribution in [2.24, 2.45) is 0 Å². The van der Waals surface area contributed by atoms with E-state index >= 15 is 0 Å². The number of hydrogen-bond donors (Lipinski definition) is 1. The molecule has 2 aromatic carbocycles. The molecule has 1 aromatic heterocycles. The fourth-order valence-electron chi connectivity index (χ4n) is 3.08. The Morgan fingerprint density at radius 1 is 1.08 bits per heavy atom. The molecule has 1 aliphatic heterocycles. The first-order valence-corrected chi connectivity index (χ1v) is 7.68. The average molecular weight is 335 g/mol. The molecule has 0 saturated carbocycles. The first kappa shape index (κ1) is 15.1. The highest BCUT2D eigenvalue weighted by molar-refractivity contribution is 6.22. The topological polar surface area (TPSA) is 92.5 Å². The third-order valence-electron chi connectivity index (χ3n) is 4.31. The van der Waals surface area contributed by atoms with E-state index < -0.39 is 12.0 Å². The minimum Gasteiger partial charge on any atom is -0.478 e. The number of imide groups is 1. The Morgan fingerprint density at radius 2 is 1.80 bits per heavy atom. The van der Waals surface area contributed by atoms with Crippen molar-refractivity contribution in [2.45, 2.75) is 12.5 Å². The van der Waals surface area contributed by atoms with Gasteiger partial charge in [0.2, 0.25) is 5.91 Å². The molecule has 1 aliphatic rings. The molecule has 1 unspecified atom stereocenters. The number of anilines is 1. The van der Waals surface area contributed by atoms with E-state index in [1.165, 1.54) is 24.3 Å². The molecule has 7 nitrogen and oxygen atoms in total. The monoisotopic (exact) mass is 335 g/mol.